The van der Waals surface area contributed by atoms with Crippen molar-refractivity contribution in [2.24, 2.45) is 0 Å². The lowest BCUT2D eigenvalue weighted by Crippen LogP contribution is -2.43. The second-order valence-corrected chi connectivity index (χ2v) is 15.4. The molecule has 2 atom stereocenters. The number of benzene rings is 1. The molecule has 0 bridgehead atoms. The Morgan fingerprint density at radius 2 is 2.02 bits per heavy atom. The van der Waals surface area contributed by atoms with Crippen molar-refractivity contribution in [3.8, 4) is 23.3 Å². The van der Waals surface area contributed by atoms with E-state index in [-0.39, 0.29) is 75.6 Å². The average Bonchev–Trinajstić information content (AvgIpc) is 3.92. The number of rotatable bonds is 8. The van der Waals surface area contributed by atoms with E-state index in [1.165, 1.54) is 0 Å². The third-order valence-electron chi connectivity index (χ3n) is 9.62. The Kier molecular flexibility index (Phi) is 8.62. The molecule has 2 N–H and O–H groups in total. The van der Waals surface area contributed by atoms with E-state index in [9.17, 15) is 14.4 Å². The number of ether oxygens (including phenoxy) is 3. The Balaban J connectivity index is 1.28. The number of aryl methyl sites for hydroxylation is 1. The van der Waals surface area contributed by atoms with Gasteiger partial charge in [0.2, 0.25) is 5.89 Å². The van der Waals surface area contributed by atoms with Crippen LogP contribution in [0.25, 0.3) is 32.2 Å². The molecule has 1 amide bonds. The van der Waals surface area contributed by atoms with Crippen LogP contribution in [0.5, 0.6) is 6.01 Å². The Labute approximate surface area is 304 Å². The van der Waals surface area contributed by atoms with Gasteiger partial charge in [-0.05, 0) is 51.3 Å². The minimum absolute atomic E-state index is 0.00898. The minimum Gasteiger partial charge on any atom is -0.461 e. The SMILES string of the molecule is Cc1nc(CNc2nc(OC[C@@]34CCCN3C[C@H](F)C4)nc3c(F)c(-c4ncc(F)c5sc(NC(=O)OC(C)(C)C)c(C#N)c45)c4c(c23)COC4)no1. The summed E-state index contributed by atoms with van der Waals surface area (Å²) in [5, 5.41) is 20.3. The first kappa shape index (κ1) is 34.9. The molecule has 2 fully saturated rings. The quantitative estimate of drug-likeness (QED) is 0.172. The molecule has 0 spiro atoms. The normalized spacial score (nSPS) is 19.8. The Bertz CT molecular complexity index is 2340. The van der Waals surface area contributed by atoms with E-state index in [0.717, 1.165) is 36.9 Å². The number of alkyl halides is 1. The van der Waals surface area contributed by atoms with E-state index in [2.05, 4.69) is 40.6 Å². The van der Waals surface area contributed by atoms with E-state index in [4.69, 9.17) is 18.7 Å². The van der Waals surface area contributed by atoms with Gasteiger partial charge in [0.25, 0.3) is 0 Å². The number of aromatic nitrogens is 5. The molecule has 0 saturated carbocycles. The van der Waals surface area contributed by atoms with Crippen molar-refractivity contribution >= 4 is 49.2 Å². The van der Waals surface area contributed by atoms with Gasteiger partial charge in [-0.25, -0.2) is 18.0 Å². The van der Waals surface area contributed by atoms with Crippen molar-refractivity contribution in [2.45, 2.75) is 84.0 Å². The number of carbonyl (C=O) groups is 1. The molecule has 1 aromatic carbocycles. The maximum absolute atomic E-state index is 17.4. The molecule has 0 radical (unpaired) electrons. The highest BCUT2D eigenvalue weighted by Crippen LogP contribution is 2.47. The van der Waals surface area contributed by atoms with Crippen LogP contribution < -0.4 is 15.4 Å². The first-order valence-electron chi connectivity index (χ1n) is 17.0. The lowest BCUT2D eigenvalue weighted by atomic mass is 9.93. The maximum atomic E-state index is 17.4. The predicted octanol–water partition coefficient (Wildman–Crippen LogP) is 6.69. The van der Waals surface area contributed by atoms with Crippen LogP contribution in [0.2, 0.25) is 0 Å². The lowest BCUT2D eigenvalue weighted by Gasteiger charge is -2.30. The molecule has 3 aliphatic rings. The van der Waals surface area contributed by atoms with Gasteiger partial charge < -0.3 is 24.1 Å². The van der Waals surface area contributed by atoms with Gasteiger partial charge in [-0.2, -0.15) is 20.2 Å². The number of anilines is 2. The molecule has 14 nitrogen and oxygen atoms in total. The topological polar surface area (TPSA) is 173 Å². The number of amides is 1. The van der Waals surface area contributed by atoms with Gasteiger partial charge >= 0.3 is 12.1 Å². The van der Waals surface area contributed by atoms with Gasteiger partial charge in [0.1, 0.15) is 40.8 Å². The Morgan fingerprint density at radius 1 is 1.21 bits per heavy atom. The monoisotopic (exact) mass is 749 g/mol. The van der Waals surface area contributed by atoms with Crippen LogP contribution in [-0.4, -0.2) is 73.1 Å². The molecule has 3 aliphatic heterocycles. The van der Waals surface area contributed by atoms with Crippen LogP contribution >= 0.6 is 11.3 Å². The van der Waals surface area contributed by atoms with Crippen molar-refractivity contribution in [3.63, 3.8) is 0 Å². The summed E-state index contributed by atoms with van der Waals surface area (Å²) in [6, 6.07) is 1.89. The van der Waals surface area contributed by atoms with Gasteiger partial charge in [-0.3, -0.25) is 15.2 Å². The molecule has 0 unspecified atom stereocenters. The van der Waals surface area contributed by atoms with Crippen LogP contribution in [0, 0.1) is 29.9 Å². The first-order chi connectivity index (χ1) is 25.3. The second-order valence-electron chi connectivity index (χ2n) is 14.4. The zero-order chi connectivity index (χ0) is 37.2. The summed E-state index contributed by atoms with van der Waals surface area (Å²) >= 11 is 0.809. The molecule has 8 rings (SSSR count). The number of pyridine rings is 1. The fourth-order valence-electron chi connectivity index (χ4n) is 7.52. The molecule has 4 aromatic heterocycles. The molecule has 2 saturated heterocycles. The summed E-state index contributed by atoms with van der Waals surface area (Å²) in [6.45, 7) is 7.96. The summed E-state index contributed by atoms with van der Waals surface area (Å²) in [5.41, 5.74) is -0.750. The van der Waals surface area contributed by atoms with E-state index in [1.807, 2.05) is 6.07 Å². The fourth-order valence-corrected chi connectivity index (χ4v) is 8.56. The molecule has 53 heavy (non-hydrogen) atoms. The Morgan fingerprint density at radius 3 is 2.77 bits per heavy atom. The molecule has 18 heteroatoms. The van der Waals surface area contributed by atoms with Gasteiger partial charge in [0, 0.05) is 30.8 Å². The number of thiophene rings is 1. The van der Waals surface area contributed by atoms with Crippen molar-refractivity contribution in [1.82, 2.24) is 30.0 Å². The molecular weight excluding hydrogens is 716 g/mol. The van der Waals surface area contributed by atoms with Gasteiger partial charge in [0.15, 0.2) is 17.5 Å². The number of nitrogens with one attached hydrogen (secondary N) is 2. The molecular formula is C35H34F3N9O5S. The number of nitriles is 1. The predicted molar refractivity (Wildman–Crippen MR) is 186 cm³/mol. The summed E-state index contributed by atoms with van der Waals surface area (Å²) in [6.07, 6.45) is 1.07. The summed E-state index contributed by atoms with van der Waals surface area (Å²) in [7, 11) is 0. The summed E-state index contributed by atoms with van der Waals surface area (Å²) in [4.78, 5) is 32.6. The number of hydrogen-bond acceptors (Lipinski definition) is 14. The molecule has 5 aromatic rings. The van der Waals surface area contributed by atoms with E-state index >= 15 is 8.78 Å². The number of fused-ring (bicyclic) bond motifs is 5. The van der Waals surface area contributed by atoms with Crippen molar-refractivity contribution in [2.75, 3.05) is 30.3 Å². The molecule has 0 aliphatic carbocycles. The van der Waals surface area contributed by atoms with Crippen LogP contribution in [0.4, 0.5) is 28.8 Å². The maximum Gasteiger partial charge on any atom is 0.412 e. The minimum atomic E-state index is -0.982. The highest BCUT2D eigenvalue weighted by molar-refractivity contribution is 7.23. The highest BCUT2D eigenvalue weighted by atomic mass is 32.1. The number of hydrogen-bond donors (Lipinski definition) is 2. The molecule has 276 valence electrons. The number of carbonyl (C=O) groups excluding carboxylic acids is 1. The summed E-state index contributed by atoms with van der Waals surface area (Å²) in [5.74, 6) is -0.695. The third kappa shape index (κ3) is 6.25. The average molecular weight is 750 g/mol. The Hall–Kier alpha value is -5.12. The third-order valence-corrected chi connectivity index (χ3v) is 10.7. The van der Waals surface area contributed by atoms with Gasteiger partial charge in [-0.1, -0.05) is 5.16 Å². The van der Waals surface area contributed by atoms with E-state index in [0.29, 0.717) is 41.2 Å². The largest absolute Gasteiger partial charge is 0.461 e. The van der Waals surface area contributed by atoms with Gasteiger partial charge in [0.05, 0.1) is 52.8 Å². The van der Waals surface area contributed by atoms with Crippen LogP contribution in [-0.2, 0) is 29.2 Å². The van der Waals surface area contributed by atoms with Crippen LogP contribution in [0.15, 0.2) is 10.7 Å². The van der Waals surface area contributed by atoms with Crippen LogP contribution in [0.1, 0.15) is 68.4 Å². The number of halogens is 3. The zero-order valence-corrected chi connectivity index (χ0v) is 30.0. The summed E-state index contributed by atoms with van der Waals surface area (Å²) < 4.78 is 69.8. The van der Waals surface area contributed by atoms with Crippen molar-refractivity contribution in [1.29, 1.82) is 5.26 Å². The van der Waals surface area contributed by atoms with E-state index in [1.54, 1.807) is 27.7 Å². The fraction of sp³-hybridized carbons (Fsp3) is 0.457. The van der Waals surface area contributed by atoms with Crippen molar-refractivity contribution < 1.29 is 36.7 Å². The van der Waals surface area contributed by atoms with Crippen LogP contribution in [0.3, 0.4) is 0 Å². The highest BCUT2D eigenvalue weighted by Gasteiger charge is 2.49. The molecule has 7 heterocycles. The van der Waals surface area contributed by atoms with Crippen molar-refractivity contribution in [3.05, 3.63) is 46.2 Å². The zero-order valence-electron chi connectivity index (χ0n) is 29.2. The number of nitrogens with zero attached hydrogens (tertiary/aromatic N) is 7. The van der Waals surface area contributed by atoms with E-state index < -0.39 is 35.0 Å². The second kappa shape index (κ2) is 13.1. The smallest absolute Gasteiger partial charge is 0.412 e. The standard InChI is InChI=1S/C35H34F3N9O5S/c1-16-42-22(46-52-16)11-41-30-25-20-14-49-13-19(20)23(26(38)28(25)43-32(44-30)50-15-35-6-5-7-47(35)12-17(36)8-35)27-24-18(9-39)31(45-33(48)51-34(2,3)4)53-29(24)21(37)10-40-27/h10,17H,5-8,11-15H2,1-4H3,(H,45,48)(H,41,43,44)/t17-,35+/m1/s1. The van der Waals surface area contributed by atoms with Gasteiger partial charge in [-0.15, -0.1) is 11.3 Å². The lowest BCUT2D eigenvalue weighted by molar-refractivity contribution is 0.0636. The first-order valence-corrected chi connectivity index (χ1v) is 17.8.